The minimum absolute atomic E-state index is 0.200. The van der Waals surface area contributed by atoms with Gasteiger partial charge in [-0.3, -0.25) is 14.5 Å². The highest BCUT2D eigenvalue weighted by atomic mass is 16.5. The van der Waals surface area contributed by atoms with Gasteiger partial charge in [-0.2, -0.15) is 10.1 Å². The van der Waals surface area contributed by atoms with Gasteiger partial charge in [-0.15, -0.1) is 0 Å². The Kier molecular flexibility index (Phi) is 3.99. The van der Waals surface area contributed by atoms with Crippen molar-refractivity contribution in [3.05, 3.63) is 47.4 Å². The zero-order valence-corrected chi connectivity index (χ0v) is 15.9. The van der Waals surface area contributed by atoms with Crippen LogP contribution in [0.2, 0.25) is 0 Å². The quantitative estimate of drug-likeness (QED) is 0.708. The first kappa shape index (κ1) is 17.1. The van der Waals surface area contributed by atoms with E-state index in [1.54, 1.807) is 17.9 Å². The average Bonchev–Trinajstić information content (AvgIpc) is 3.62. The van der Waals surface area contributed by atoms with E-state index in [0.29, 0.717) is 29.2 Å². The molecule has 0 spiro atoms. The Balaban J connectivity index is 1.30. The van der Waals surface area contributed by atoms with Gasteiger partial charge < -0.3 is 9.84 Å². The topological polar surface area (TPSA) is 98.7 Å². The number of amides is 1. The van der Waals surface area contributed by atoms with Crippen LogP contribution in [0, 0.1) is 0 Å². The largest absolute Gasteiger partial charge is 0.339 e. The van der Waals surface area contributed by atoms with Crippen LogP contribution < -0.4 is 5.32 Å². The highest BCUT2D eigenvalue weighted by Gasteiger charge is 2.29. The zero-order chi connectivity index (χ0) is 19.3. The molecule has 2 saturated carbocycles. The van der Waals surface area contributed by atoms with Crippen LogP contribution in [0.3, 0.4) is 0 Å². The summed E-state index contributed by atoms with van der Waals surface area (Å²) in [5.74, 6) is 1.75. The molecule has 2 fully saturated rings. The van der Waals surface area contributed by atoms with Crippen LogP contribution >= 0.6 is 0 Å². The number of hydrogen-bond acceptors (Lipinski definition) is 6. The summed E-state index contributed by atoms with van der Waals surface area (Å²) >= 11 is 0. The smallest absolute Gasteiger partial charge is 0.270 e. The van der Waals surface area contributed by atoms with Crippen LogP contribution in [0.5, 0.6) is 0 Å². The Bertz CT molecular complexity index is 1030. The fourth-order valence-corrected chi connectivity index (χ4v) is 3.33. The zero-order valence-electron chi connectivity index (χ0n) is 15.9. The summed E-state index contributed by atoms with van der Waals surface area (Å²) in [6, 6.07) is 5.36. The number of nitrogens with zero attached hydrogens (tertiary/aromatic N) is 5. The predicted octanol–water partition coefficient (Wildman–Crippen LogP) is 3.11. The van der Waals surface area contributed by atoms with Crippen molar-refractivity contribution in [3.8, 4) is 11.4 Å². The fraction of sp³-hybridized carbons (Fsp3) is 0.450. The average molecular weight is 378 g/mol. The van der Waals surface area contributed by atoms with E-state index >= 15 is 0 Å². The Labute approximate surface area is 162 Å². The van der Waals surface area contributed by atoms with E-state index in [1.165, 1.54) is 12.8 Å². The third-order valence-electron chi connectivity index (χ3n) is 5.32. The molecule has 5 rings (SSSR count). The lowest BCUT2D eigenvalue weighted by molar-refractivity contribution is 0.0923. The van der Waals surface area contributed by atoms with Crippen molar-refractivity contribution in [1.82, 2.24) is 30.2 Å². The second-order valence-electron chi connectivity index (χ2n) is 7.75. The van der Waals surface area contributed by atoms with Gasteiger partial charge in [-0.1, -0.05) is 5.16 Å². The Hall–Kier alpha value is -3.03. The SMILES string of the molecule is C[C@H](NC(=O)c1cc(C2CC2)nn1C)c1nc(-c2ccnc(C3CC3)c2)no1. The van der Waals surface area contributed by atoms with E-state index in [-0.39, 0.29) is 5.91 Å². The molecule has 0 radical (unpaired) electrons. The Morgan fingerprint density at radius 3 is 2.71 bits per heavy atom. The van der Waals surface area contributed by atoms with E-state index in [0.717, 1.165) is 29.8 Å². The van der Waals surface area contributed by atoms with Crippen LogP contribution in [0.25, 0.3) is 11.4 Å². The Morgan fingerprint density at radius 1 is 1.21 bits per heavy atom. The summed E-state index contributed by atoms with van der Waals surface area (Å²) < 4.78 is 7.03. The summed E-state index contributed by atoms with van der Waals surface area (Å²) in [6.07, 6.45) is 6.46. The molecule has 1 N–H and O–H groups in total. The molecule has 2 aliphatic rings. The maximum atomic E-state index is 12.6. The molecular weight excluding hydrogens is 356 g/mol. The maximum absolute atomic E-state index is 12.6. The molecule has 0 aromatic carbocycles. The van der Waals surface area contributed by atoms with Gasteiger partial charge in [0.05, 0.1) is 5.69 Å². The number of pyridine rings is 1. The second-order valence-corrected chi connectivity index (χ2v) is 7.75. The molecule has 3 aromatic rings. The van der Waals surface area contributed by atoms with Crippen LogP contribution in [-0.2, 0) is 7.05 Å². The summed E-state index contributed by atoms with van der Waals surface area (Å²) in [4.78, 5) is 21.5. The molecular formula is C20H22N6O2. The first-order valence-corrected chi connectivity index (χ1v) is 9.73. The minimum atomic E-state index is -0.405. The molecule has 28 heavy (non-hydrogen) atoms. The first-order chi connectivity index (χ1) is 13.6. The highest BCUT2D eigenvalue weighted by Crippen LogP contribution is 2.40. The molecule has 3 aromatic heterocycles. The molecule has 1 amide bonds. The molecule has 144 valence electrons. The van der Waals surface area contributed by atoms with Gasteiger partial charge in [0.2, 0.25) is 11.7 Å². The molecule has 0 bridgehead atoms. The number of carbonyl (C=O) groups excluding carboxylic acids is 1. The van der Waals surface area contributed by atoms with E-state index in [1.807, 2.05) is 25.1 Å². The van der Waals surface area contributed by atoms with Crippen molar-refractivity contribution in [2.75, 3.05) is 0 Å². The normalized spacial score (nSPS) is 17.5. The summed E-state index contributed by atoms with van der Waals surface area (Å²) in [6.45, 7) is 1.83. The van der Waals surface area contributed by atoms with Crippen LogP contribution in [0.15, 0.2) is 28.9 Å². The van der Waals surface area contributed by atoms with Gasteiger partial charge in [0.25, 0.3) is 5.91 Å². The summed E-state index contributed by atoms with van der Waals surface area (Å²) in [5, 5.41) is 11.4. The van der Waals surface area contributed by atoms with Gasteiger partial charge in [-0.25, -0.2) is 0 Å². The highest BCUT2D eigenvalue weighted by molar-refractivity contribution is 5.92. The minimum Gasteiger partial charge on any atom is -0.339 e. The molecule has 0 saturated heterocycles. The molecule has 8 nitrogen and oxygen atoms in total. The lowest BCUT2D eigenvalue weighted by atomic mass is 10.2. The van der Waals surface area contributed by atoms with Gasteiger partial charge in [-0.05, 0) is 50.8 Å². The van der Waals surface area contributed by atoms with Gasteiger partial charge >= 0.3 is 0 Å². The van der Waals surface area contributed by atoms with Crippen molar-refractivity contribution in [2.24, 2.45) is 7.05 Å². The maximum Gasteiger partial charge on any atom is 0.270 e. The fourth-order valence-electron chi connectivity index (χ4n) is 3.33. The second kappa shape index (κ2) is 6.54. The van der Waals surface area contributed by atoms with Crippen LogP contribution in [0.4, 0.5) is 0 Å². The number of nitrogens with one attached hydrogen (secondary N) is 1. The number of rotatable bonds is 6. The molecule has 1 atom stereocenters. The van der Waals surface area contributed by atoms with E-state index in [2.05, 4.69) is 25.5 Å². The standard InChI is InChI=1S/C20H22N6O2/c1-11(22-19(27)17-10-16(13-5-6-13)24-26(17)2)20-23-18(25-28-20)14-7-8-21-15(9-14)12-3-4-12/h7-13H,3-6H2,1-2H3,(H,22,27)/t11-/m0/s1. The lowest BCUT2D eigenvalue weighted by Gasteiger charge is -2.09. The molecule has 0 aliphatic heterocycles. The van der Waals surface area contributed by atoms with Crippen molar-refractivity contribution in [1.29, 1.82) is 0 Å². The first-order valence-electron chi connectivity index (χ1n) is 9.73. The molecule has 3 heterocycles. The van der Waals surface area contributed by atoms with Gasteiger partial charge in [0.1, 0.15) is 11.7 Å². The molecule has 8 heteroatoms. The van der Waals surface area contributed by atoms with E-state index in [9.17, 15) is 4.79 Å². The van der Waals surface area contributed by atoms with Crippen LogP contribution in [0.1, 0.15) is 78.3 Å². The number of aromatic nitrogens is 5. The number of aryl methyl sites for hydroxylation is 1. The Morgan fingerprint density at radius 2 is 1.96 bits per heavy atom. The van der Waals surface area contributed by atoms with Crippen molar-refractivity contribution in [2.45, 2.75) is 50.5 Å². The summed E-state index contributed by atoms with van der Waals surface area (Å²) in [7, 11) is 1.79. The lowest BCUT2D eigenvalue weighted by Crippen LogP contribution is -2.28. The van der Waals surface area contributed by atoms with E-state index in [4.69, 9.17) is 4.52 Å². The van der Waals surface area contributed by atoms with Gasteiger partial charge in [0.15, 0.2) is 0 Å². The third kappa shape index (κ3) is 3.30. The predicted molar refractivity (Wildman–Crippen MR) is 101 cm³/mol. The third-order valence-corrected chi connectivity index (χ3v) is 5.32. The molecule has 0 unspecified atom stereocenters. The van der Waals surface area contributed by atoms with Crippen molar-refractivity contribution in [3.63, 3.8) is 0 Å². The monoisotopic (exact) mass is 378 g/mol. The van der Waals surface area contributed by atoms with Crippen LogP contribution in [-0.4, -0.2) is 30.8 Å². The van der Waals surface area contributed by atoms with Gasteiger partial charge in [0, 0.05) is 36.3 Å². The van der Waals surface area contributed by atoms with Crippen molar-refractivity contribution < 1.29 is 9.32 Å². The van der Waals surface area contributed by atoms with E-state index < -0.39 is 6.04 Å². The number of carbonyl (C=O) groups is 1. The van der Waals surface area contributed by atoms with Crippen molar-refractivity contribution >= 4 is 5.91 Å². The number of hydrogen-bond donors (Lipinski definition) is 1. The molecule has 2 aliphatic carbocycles. The summed E-state index contributed by atoms with van der Waals surface area (Å²) in [5.41, 5.74) is 3.49.